The number of carbonyl (C=O) groups is 1. The minimum atomic E-state index is 0.0360. The lowest BCUT2D eigenvalue weighted by Crippen LogP contribution is -2.25. The lowest BCUT2D eigenvalue weighted by atomic mass is 10.1. The zero-order chi connectivity index (χ0) is 15.1. The normalized spacial score (nSPS) is 11.1. The predicted octanol–water partition coefficient (Wildman–Crippen LogP) is 1.59. The Hall–Kier alpha value is -1.36. The van der Waals surface area contributed by atoms with Gasteiger partial charge < -0.3 is 10.4 Å². The van der Waals surface area contributed by atoms with Crippen molar-refractivity contribution in [3.05, 3.63) is 17.0 Å². The number of nitrogens with zero attached hydrogens (tertiary/aromatic N) is 2. The van der Waals surface area contributed by atoms with Crippen molar-refractivity contribution < 1.29 is 9.90 Å². The van der Waals surface area contributed by atoms with Crippen LogP contribution in [0, 0.1) is 19.8 Å². The summed E-state index contributed by atoms with van der Waals surface area (Å²) in [5, 5.41) is 16.0. The number of carbonyl (C=O) groups excluding carboxylic acids is 1. The van der Waals surface area contributed by atoms with Gasteiger partial charge in [-0.25, -0.2) is 0 Å². The molecule has 5 heteroatoms. The van der Waals surface area contributed by atoms with Crippen molar-refractivity contribution in [1.29, 1.82) is 0 Å². The van der Waals surface area contributed by atoms with Crippen LogP contribution in [-0.2, 0) is 17.8 Å². The predicted molar refractivity (Wildman–Crippen MR) is 79.6 cm³/mol. The molecule has 0 atom stereocenters. The van der Waals surface area contributed by atoms with Gasteiger partial charge in [-0.05, 0) is 38.2 Å². The fourth-order valence-electron chi connectivity index (χ4n) is 2.25. The molecule has 1 aromatic rings. The quantitative estimate of drug-likeness (QED) is 0.711. The molecule has 0 unspecified atom stereocenters. The second kappa shape index (κ2) is 8.04. The van der Waals surface area contributed by atoms with E-state index in [0.29, 0.717) is 25.3 Å². The number of aromatic nitrogens is 2. The molecule has 1 aromatic heterocycles. The highest BCUT2D eigenvalue weighted by molar-refractivity contribution is 5.76. The first kappa shape index (κ1) is 16.7. The number of hydrogen-bond donors (Lipinski definition) is 2. The number of rotatable bonds is 8. The van der Waals surface area contributed by atoms with Gasteiger partial charge in [0.2, 0.25) is 5.91 Å². The van der Waals surface area contributed by atoms with E-state index in [2.05, 4.69) is 31.2 Å². The summed E-state index contributed by atoms with van der Waals surface area (Å²) in [6.45, 7) is 9.98. The highest BCUT2D eigenvalue weighted by Crippen LogP contribution is 2.16. The van der Waals surface area contributed by atoms with Crippen LogP contribution in [0.25, 0.3) is 0 Å². The van der Waals surface area contributed by atoms with Crippen LogP contribution in [0.3, 0.4) is 0 Å². The number of aliphatic hydroxyl groups excluding tert-OH is 1. The number of aliphatic hydroxyl groups is 1. The smallest absolute Gasteiger partial charge is 0.220 e. The lowest BCUT2D eigenvalue weighted by Gasteiger charge is -2.08. The monoisotopic (exact) mass is 281 g/mol. The molecular formula is C15H27N3O2. The van der Waals surface area contributed by atoms with Crippen molar-refractivity contribution in [2.45, 2.75) is 53.5 Å². The second-order valence-corrected chi connectivity index (χ2v) is 5.65. The molecule has 1 amide bonds. The molecule has 0 aliphatic carbocycles. The Morgan fingerprint density at radius 1 is 1.40 bits per heavy atom. The molecule has 0 aromatic carbocycles. The van der Waals surface area contributed by atoms with E-state index in [9.17, 15) is 4.79 Å². The van der Waals surface area contributed by atoms with E-state index >= 15 is 0 Å². The van der Waals surface area contributed by atoms with E-state index in [-0.39, 0.29) is 12.5 Å². The SMILES string of the molecule is Cc1nn(CC(C)C)c(C)c1CCC(=O)NCCCO. The van der Waals surface area contributed by atoms with Crippen molar-refractivity contribution >= 4 is 5.91 Å². The van der Waals surface area contributed by atoms with Crippen LogP contribution >= 0.6 is 0 Å². The molecule has 0 aliphatic rings. The molecule has 20 heavy (non-hydrogen) atoms. The van der Waals surface area contributed by atoms with Crippen LogP contribution in [0.2, 0.25) is 0 Å². The Morgan fingerprint density at radius 2 is 2.10 bits per heavy atom. The van der Waals surface area contributed by atoms with Gasteiger partial charge in [0.15, 0.2) is 0 Å². The third-order valence-electron chi connectivity index (χ3n) is 3.33. The Balaban J connectivity index is 2.55. The van der Waals surface area contributed by atoms with Gasteiger partial charge >= 0.3 is 0 Å². The minimum absolute atomic E-state index is 0.0360. The first-order valence-electron chi connectivity index (χ1n) is 7.36. The molecule has 1 rings (SSSR count). The number of hydrogen-bond acceptors (Lipinski definition) is 3. The van der Waals surface area contributed by atoms with Crippen molar-refractivity contribution in [2.75, 3.05) is 13.2 Å². The summed E-state index contributed by atoms with van der Waals surface area (Å²) in [6, 6.07) is 0. The van der Waals surface area contributed by atoms with Crippen LogP contribution in [0.1, 0.15) is 43.6 Å². The molecule has 1 heterocycles. The lowest BCUT2D eigenvalue weighted by molar-refractivity contribution is -0.121. The summed E-state index contributed by atoms with van der Waals surface area (Å²) < 4.78 is 2.04. The van der Waals surface area contributed by atoms with Gasteiger partial charge in [-0.1, -0.05) is 13.8 Å². The average Bonchev–Trinajstić information content (AvgIpc) is 2.62. The van der Waals surface area contributed by atoms with E-state index in [1.165, 1.54) is 11.3 Å². The summed E-state index contributed by atoms with van der Waals surface area (Å²) in [7, 11) is 0. The summed E-state index contributed by atoms with van der Waals surface area (Å²) in [4.78, 5) is 11.7. The third kappa shape index (κ3) is 4.96. The van der Waals surface area contributed by atoms with Crippen molar-refractivity contribution in [2.24, 2.45) is 5.92 Å². The van der Waals surface area contributed by atoms with Crippen molar-refractivity contribution in [1.82, 2.24) is 15.1 Å². The first-order valence-corrected chi connectivity index (χ1v) is 7.36. The molecule has 0 spiro atoms. The van der Waals surface area contributed by atoms with Gasteiger partial charge in [0.05, 0.1) is 5.69 Å². The Morgan fingerprint density at radius 3 is 2.70 bits per heavy atom. The van der Waals surface area contributed by atoms with Gasteiger partial charge in [0.25, 0.3) is 0 Å². The summed E-state index contributed by atoms with van der Waals surface area (Å²) in [6.07, 6.45) is 1.80. The summed E-state index contributed by atoms with van der Waals surface area (Å²) >= 11 is 0. The van der Waals surface area contributed by atoms with Gasteiger partial charge in [0.1, 0.15) is 0 Å². The van der Waals surface area contributed by atoms with Crippen LogP contribution in [-0.4, -0.2) is 33.9 Å². The Labute approximate surface area is 121 Å². The molecule has 114 valence electrons. The number of nitrogens with one attached hydrogen (secondary N) is 1. The zero-order valence-corrected chi connectivity index (χ0v) is 13.1. The standard InChI is InChI=1S/C15H27N3O2/c1-11(2)10-18-13(4)14(12(3)17-18)6-7-15(20)16-8-5-9-19/h11,19H,5-10H2,1-4H3,(H,16,20). The molecule has 0 bridgehead atoms. The van der Waals surface area contributed by atoms with Crippen LogP contribution in [0.5, 0.6) is 0 Å². The van der Waals surface area contributed by atoms with Crippen LogP contribution < -0.4 is 5.32 Å². The molecule has 0 saturated carbocycles. The van der Waals surface area contributed by atoms with Gasteiger partial charge in [0, 0.05) is 31.8 Å². The van der Waals surface area contributed by atoms with E-state index in [1.807, 2.05) is 11.6 Å². The maximum absolute atomic E-state index is 11.7. The van der Waals surface area contributed by atoms with Crippen LogP contribution in [0.4, 0.5) is 0 Å². The van der Waals surface area contributed by atoms with E-state index < -0.39 is 0 Å². The topological polar surface area (TPSA) is 67.2 Å². The third-order valence-corrected chi connectivity index (χ3v) is 3.33. The minimum Gasteiger partial charge on any atom is -0.396 e. The van der Waals surface area contributed by atoms with Crippen molar-refractivity contribution in [3.8, 4) is 0 Å². The number of aryl methyl sites for hydroxylation is 1. The fourth-order valence-corrected chi connectivity index (χ4v) is 2.25. The molecular weight excluding hydrogens is 254 g/mol. The largest absolute Gasteiger partial charge is 0.396 e. The van der Waals surface area contributed by atoms with E-state index in [4.69, 9.17) is 5.11 Å². The fraction of sp³-hybridized carbons (Fsp3) is 0.733. The second-order valence-electron chi connectivity index (χ2n) is 5.65. The Bertz CT molecular complexity index is 439. The van der Waals surface area contributed by atoms with E-state index in [0.717, 1.165) is 18.7 Å². The molecule has 0 saturated heterocycles. The molecule has 2 N–H and O–H groups in total. The summed E-state index contributed by atoms with van der Waals surface area (Å²) in [5.41, 5.74) is 3.37. The van der Waals surface area contributed by atoms with Crippen LogP contribution in [0.15, 0.2) is 0 Å². The van der Waals surface area contributed by atoms with Gasteiger partial charge in [-0.2, -0.15) is 5.10 Å². The van der Waals surface area contributed by atoms with Gasteiger partial charge in [-0.15, -0.1) is 0 Å². The highest BCUT2D eigenvalue weighted by atomic mass is 16.3. The maximum Gasteiger partial charge on any atom is 0.220 e. The zero-order valence-electron chi connectivity index (χ0n) is 13.1. The first-order chi connectivity index (χ1) is 9.45. The average molecular weight is 281 g/mol. The van der Waals surface area contributed by atoms with Crippen molar-refractivity contribution in [3.63, 3.8) is 0 Å². The molecule has 0 fully saturated rings. The molecule has 5 nitrogen and oxygen atoms in total. The Kier molecular flexibility index (Phi) is 6.71. The molecule has 0 aliphatic heterocycles. The maximum atomic E-state index is 11.7. The summed E-state index contributed by atoms with van der Waals surface area (Å²) in [5.74, 6) is 0.594. The highest BCUT2D eigenvalue weighted by Gasteiger charge is 2.13. The number of amides is 1. The van der Waals surface area contributed by atoms with Gasteiger partial charge in [-0.3, -0.25) is 9.48 Å². The molecule has 0 radical (unpaired) electrons. The van der Waals surface area contributed by atoms with E-state index in [1.54, 1.807) is 0 Å².